The maximum Gasteiger partial charge on any atom is 0.130 e. The Hall–Kier alpha value is -2.68. The summed E-state index contributed by atoms with van der Waals surface area (Å²) in [7, 11) is 0. The third-order valence-corrected chi connectivity index (χ3v) is 3.42. The van der Waals surface area contributed by atoms with E-state index in [9.17, 15) is 10.2 Å². The van der Waals surface area contributed by atoms with E-state index in [0.717, 1.165) is 23.1 Å². The van der Waals surface area contributed by atoms with E-state index < -0.39 is 0 Å². The summed E-state index contributed by atoms with van der Waals surface area (Å²) in [6, 6.07) is 12.4. The second-order valence-electron chi connectivity index (χ2n) is 4.89. The predicted molar refractivity (Wildman–Crippen MR) is 96.0 cm³/mol. The zero-order chi connectivity index (χ0) is 17.2. The Labute approximate surface area is 138 Å². The molecule has 0 unspecified atom stereocenters. The molecule has 0 aliphatic carbocycles. The van der Waals surface area contributed by atoms with Crippen molar-refractivity contribution in [1.82, 2.24) is 0 Å². The lowest BCUT2D eigenvalue weighted by Gasteiger charge is -2.13. The zero-order valence-electron chi connectivity index (χ0n) is 13.7. The van der Waals surface area contributed by atoms with E-state index in [2.05, 4.69) is 13.2 Å². The van der Waals surface area contributed by atoms with E-state index in [0.29, 0.717) is 12.4 Å². The first-order valence-corrected chi connectivity index (χ1v) is 7.47. The molecular weight excluding hydrogens is 288 g/mol. The highest BCUT2D eigenvalue weighted by molar-refractivity contribution is 5.73. The fourth-order valence-corrected chi connectivity index (χ4v) is 2.12. The van der Waals surface area contributed by atoms with Crippen molar-refractivity contribution in [3.05, 3.63) is 72.8 Å². The van der Waals surface area contributed by atoms with E-state index >= 15 is 0 Å². The van der Waals surface area contributed by atoms with Crippen LogP contribution in [0.5, 0.6) is 17.2 Å². The molecule has 2 aromatic rings. The van der Waals surface area contributed by atoms with Crippen LogP contribution in [0.15, 0.2) is 61.7 Å². The van der Waals surface area contributed by atoms with Gasteiger partial charge < -0.3 is 14.9 Å². The molecule has 2 rings (SSSR count). The predicted octanol–water partition coefficient (Wildman–Crippen LogP) is 4.94. The molecule has 3 heteroatoms. The van der Waals surface area contributed by atoms with Gasteiger partial charge in [-0.25, -0.2) is 0 Å². The topological polar surface area (TPSA) is 49.7 Å². The molecule has 0 aliphatic rings. The van der Waals surface area contributed by atoms with Crippen molar-refractivity contribution in [1.29, 1.82) is 0 Å². The Kier molecular flexibility index (Phi) is 7.48. The number of aromatic hydroxyl groups is 2. The molecule has 0 aromatic heterocycles. The number of allylic oxidation sites excluding steroid dienone is 2. The molecule has 0 saturated carbocycles. The Morgan fingerprint density at radius 1 is 1.09 bits per heavy atom. The van der Waals surface area contributed by atoms with Gasteiger partial charge in [0.1, 0.15) is 17.2 Å². The van der Waals surface area contributed by atoms with Crippen LogP contribution >= 0.6 is 0 Å². The van der Waals surface area contributed by atoms with Crippen molar-refractivity contribution in [3.8, 4) is 17.2 Å². The van der Waals surface area contributed by atoms with Crippen LogP contribution in [0.2, 0.25) is 0 Å². The van der Waals surface area contributed by atoms with E-state index in [4.69, 9.17) is 4.74 Å². The summed E-state index contributed by atoms with van der Waals surface area (Å²) in [5, 5.41) is 19.2. The minimum Gasteiger partial charge on any atom is -0.508 e. The van der Waals surface area contributed by atoms with Crippen LogP contribution in [0.4, 0.5) is 0 Å². The number of rotatable bonds is 5. The SMILES string of the molecule is C/C=C(\C)c1c(O)cccc1OCCc1ccc(O)cc1.C=C. The van der Waals surface area contributed by atoms with Crippen molar-refractivity contribution in [2.75, 3.05) is 6.61 Å². The third kappa shape index (κ3) is 5.22. The Bertz CT molecular complexity index is 642. The highest BCUT2D eigenvalue weighted by Crippen LogP contribution is 2.33. The van der Waals surface area contributed by atoms with E-state index in [1.165, 1.54) is 0 Å². The Balaban J connectivity index is 0.00000127. The van der Waals surface area contributed by atoms with Gasteiger partial charge in [-0.3, -0.25) is 0 Å². The molecule has 3 nitrogen and oxygen atoms in total. The molecule has 0 saturated heterocycles. The van der Waals surface area contributed by atoms with Gasteiger partial charge in [0.05, 0.1) is 12.2 Å². The average molecular weight is 312 g/mol. The van der Waals surface area contributed by atoms with Gasteiger partial charge >= 0.3 is 0 Å². The highest BCUT2D eigenvalue weighted by atomic mass is 16.5. The molecule has 0 spiro atoms. The average Bonchev–Trinajstić information content (AvgIpc) is 2.58. The molecule has 23 heavy (non-hydrogen) atoms. The summed E-state index contributed by atoms with van der Waals surface area (Å²) in [6.07, 6.45) is 2.69. The van der Waals surface area contributed by atoms with E-state index in [1.54, 1.807) is 24.3 Å². The first-order chi connectivity index (χ1) is 11.1. The lowest BCUT2D eigenvalue weighted by Crippen LogP contribution is -2.03. The van der Waals surface area contributed by atoms with Crippen LogP contribution in [0.3, 0.4) is 0 Å². The highest BCUT2D eigenvalue weighted by Gasteiger charge is 2.10. The van der Waals surface area contributed by atoms with Gasteiger partial charge in [-0.1, -0.05) is 24.3 Å². The quantitative estimate of drug-likeness (QED) is 0.768. The molecule has 0 aliphatic heterocycles. The first kappa shape index (κ1) is 18.4. The van der Waals surface area contributed by atoms with Crippen molar-refractivity contribution >= 4 is 5.57 Å². The molecule has 122 valence electrons. The van der Waals surface area contributed by atoms with Crippen LogP contribution in [-0.2, 0) is 6.42 Å². The molecular formula is C20H24O3. The standard InChI is InChI=1S/C18H20O3.C2H4/c1-3-13(2)18-16(20)5-4-6-17(18)21-12-11-14-7-9-15(19)10-8-14;1-2/h3-10,19-20H,11-12H2,1-2H3;1-2H2/b13-3+;. The van der Waals surface area contributed by atoms with Gasteiger partial charge in [-0.05, 0) is 49.2 Å². The van der Waals surface area contributed by atoms with Gasteiger partial charge in [0.15, 0.2) is 0 Å². The maximum absolute atomic E-state index is 9.99. The van der Waals surface area contributed by atoms with Crippen molar-refractivity contribution in [2.45, 2.75) is 20.3 Å². The summed E-state index contributed by atoms with van der Waals surface area (Å²) in [6.45, 7) is 10.4. The molecule has 0 fully saturated rings. The summed E-state index contributed by atoms with van der Waals surface area (Å²) in [4.78, 5) is 0. The van der Waals surface area contributed by atoms with E-state index in [1.807, 2.05) is 38.1 Å². The third-order valence-electron chi connectivity index (χ3n) is 3.42. The molecule has 2 aromatic carbocycles. The lowest BCUT2D eigenvalue weighted by atomic mass is 10.0. The summed E-state index contributed by atoms with van der Waals surface area (Å²) >= 11 is 0. The Morgan fingerprint density at radius 3 is 2.35 bits per heavy atom. The number of hydrogen-bond donors (Lipinski definition) is 2. The van der Waals surface area contributed by atoms with Crippen molar-refractivity contribution in [3.63, 3.8) is 0 Å². The summed E-state index contributed by atoms with van der Waals surface area (Å²) in [5.74, 6) is 1.18. The van der Waals surface area contributed by atoms with Gasteiger partial charge in [0.2, 0.25) is 0 Å². The van der Waals surface area contributed by atoms with Crippen LogP contribution in [-0.4, -0.2) is 16.8 Å². The van der Waals surface area contributed by atoms with Gasteiger partial charge in [0, 0.05) is 6.42 Å². The first-order valence-electron chi connectivity index (χ1n) is 7.47. The number of hydrogen-bond acceptors (Lipinski definition) is 3. The molecule has 0 radical (unpaired) electrons. The second kappa shape index (κ2) is 9.36. The molecule has 0 amide bonds. The van der Waals surface area contributed by atoms with Crippen LogP contribution in [0.1, 0.15) is 25.0 Å². The second-order valence-corrected chi connectivity index (χ2v) is 4.89. The molecule has 0 bridgehead atoms. The summed E-state index contributed by atoms with van der Waals surface area (Å²) < 4.78 is 5.81. The molecule has 0 atom stereocenters. The van der Waals surface area contributed by atoms with Crippen molar-refractivity contribution in [2.24, 2.45) is 0 Å². The van der Waals surface area contributed by atoms with E-state index in [-0.39, 0.29) is 11.5 Å². The van der Waals surface area contributed by atoms with Gasteiger partial charge in [-0.15, -0.1) is 13.2 Å². The Morgan fingerprint density at radius 2 is 1.74 bits per heavy atom. The van der Waals surface area contributed by atoms with Gasteiger partial charge in [-0.2, -0.15) is 0 Å². The zero-order valence-corrected chi connectivity index (χ0v) is 13.7. The molecule has 2 N–H and O–H groups in total. The minimum atomic E-state index is 0.229. The fourth-order valence-electron chi connectivity index (χ4n) is 2.12. The minimum absolute atomic E-state index is 0.229. The van der Waals surface area contributed by atoms with Crippen LogP contribution in [0.25, 0.3) is 5.57 Å². The normalized spacial score (nSPS) is 10.6. The largest absolute Gasteiger partial charge is 0.508 e. The van der Waals surface area contributed by atoms with Crippen LogP contribution in [0, 0.1) is 0 Å². The number of benzene rings is 2. The number of phenols is 2. The number of phenolic OH excluding ortho intramolecular Hbond substituents is 2. The van der Waals surface area contributed by atoms with Crippen LogP contribution < -0.4 is 4.74 Å². The van der Waals surface area contributed by atoms with Crippen molar-refractivity contribution < 1.29 is 14.9 Å². The maximum atomic E-state index is 9.99. The fraction of sp³-hybridized carbons (Fsp3) is 0.200. The lowest BCUT2D eigenvalue weighted by molar-refractivity contribution is 0.318. The number of ether oxygens (including phenoxy) is 1. The summed E-state index contributed by atoms with van der Waals surface area (Å²) in [5.41, 5.74) is 2.82. The van der Waals surface area contributed by atoms with Gasteiger partial charge in [0.25, 0.3) is 0 Å². The monoisotopic (exact) mass is 312 g/mol. The smallest absolute Gasteiger partial charge is 0.130 e. The molecule has 0 heterocycles.